The maximum Gasteiger partial charge on any atom is 0.255 e. The van der Waals surface area contributed by atoms with Crippen molar-refractivity contribution in [3.05, 3.63) is 99.7 Å². The van der Waals surface area contributed by atoms with Crippen LogP contribution in [0.2, 0.25) is 10.0 Å². The number of hydrogen-bond donors (Lipinski definition) is 2. The number of hydrogen-bond acceptors (Lipinski definition) is 3. The fraction of sp³-hybridized carbons (Fsp3) is 0.0833. The van der Waals surface area contributed by atoms with Gasteiger partial charge in [0.05, 0.1) is 22.6 Å². The van der Waals surface area contributed by atoms with Gasteiger partial charge in [-0.3, -0.25) is 9.36 Å². The smallest absolute Gasteiger partial charge is 0.255 e. The third kappa shape index (κ3) is 3.46. The van der Waals surface area contributed by atoms with Crippen LogP contribution in [-0.4, -0.2) is 15.5 Å². The van der Waals surface area contributed by atoms with Crippen molar-refractivity contribution in [2.75, 3.05) is 10.6 Å². The maximum atomic E-state index is 13.5. The molecule has 31 heavy (non-hydrogen) atoms. The molecule has 154 valence electrons. The van der Waals surface area contributed by atoms with Crippen LogP contribution in [0.4, 0.5) is 11.6 Å². The van der Waals surface area contributed by atoms with Gasteiger partial charge in [-0.2, -0.15) is 0 Å². The van der Waals surface area contributed by atoms with Crippen molar-refractivity contribution >= 4 is 51.8 Å². The first-order valence-corrected chi connectivity index (χ1v) is 10.5. The van der Waals surface area contributed by atoms with E-state index < -0.39 is 6.04 Å². The lowest BCUT2D eigenvalue weighted by atomic mass is 9.94. The lowest BCUT2D eigenvalue weighted by molar-refractivity contribution is -0.113. The Morgan fingerprint density at radius 2 is 1.77 bits per heavy atom. The van der Waals surface area contributed by atoms with E-state index >= 15 is 0 Å². The summed E-state index contributed by atoms with van der Waals surface area (Å²) in [5.41, 5.74) is 4.50. The van der Waals surface area contributed by atoms with E-state index in [1.165, 1.54) is 0 Å². The highest BCUT2D eigenvalue weighted by atomic mass is 35.5. The zero-order valence-electron chi connectivity index (χ0n) is 16.6. The van der Waals surface area contributed by atoms with Crippen molar-refractivity contribution in [2.45, 2.75) is 13.0 Å². The second kappa shape index (κ2) is 7.76. The number of carbonyl (C=O) groups is 1. The molecule has 1 unspecified atom stereocenters. The Labute approximate surface area is 189 Å². The Bertz CT molecular complexity index is 1340. The topological polar surface area (TPSA) is 59.0 Å². The summed E-state index contributed by atoms with van der Waals surface area (Å²) in [6, 6.07) is 22.1. The Morgan fingerprint density at radius 3 is 2.55 bits per heavy atom. The first-order chi connectivity index (χ1) is 15.0. The van der Waals surface area contributed by atoms with Crippen LogP contribution in [0.5, 0.6) is 0 Å². The number of allylic oxidation sites excluding steroid dienone is 1. The van der Waals surface area contributed by atoms with Gasteiger partial charge >= 0.3 is 0 Å². The Morgan fingerprint density at radius 1 is 1.03 bits per heavy atom. The fourth-order valence-electron chi connectivity index (χ4n) is 4.00. The molecule has 3 aromatic carbocycles. The van der Waals surface area contributed by atoms with Gasteiger partial charge in [0, 0.05) is 21.4 Å². The molecule has 0 aliphatic carbocycles. The highest BCUT2D eigenvalue weighted by molar-refractivity contribution is 6.35. The summed E-state index contributed by atoms with van der Waals surface area (Å²) in [5, 5.41) is 7.33. The van der Waals surface area contributed by atoms with Gasteiger partial charge in [-0.05, 0) is 48.9 Å². The molecule has 5 rings (SSSR count). The van der Waals surface area contributed by atoms with Crippen molar-refractivity contribution in [3.8, 4) is 0 Å². The van der Waals surface area contributed by atoms with Gasteiger partial charge in [-0.25, -0.2) is 4.98 Å². The van der Waals surface area contributed by atoms with E-state index in [2.05, 4.69) is 10.6 Å². The van der Waals surface area contributed by atoms with Crippen molar-refractivity contribution in [2.24, 2.45) is 0 Å². The molecule has 1 aromatic heterocycles. The van der Waals surface area contributed by atoms with Crippen molar-refractivity contribution in [1.82, 2.24) is 9.55 Å². The lowest BCUT2D eigenvalue weighted by Gasteiger charge is -2.31. The van der Waals surface area contributed by atoms with Gasteiger partial charge in [-0.15, -0.1) is 0 Å². The molecule has 1 aliphatic rings. The minimum atomic E-state index is -0.475. The van der Waals surface area contributed by atoms with E-state index in [9.17, 15) is 4.79 Å². The van der Waals surface area contributed by atoms with Crippen molar-refractivity contribution < 1.29 is 4.79 Å². The number of anilines is 2. The number of nitrogens with zero attached hydrogens (tertiary/aromatic N) is 2. The molecule has 0 saturated carbocycles. The number of halogens is 2. The summed E-state index contributed by atoms with van der Waals surface area (Å²) in [5.74, 6) is 0.446. The average Bonchev–Trinajstić information content (AvgIpc) is 3.11. The highest BCUT2D eigenvalue weighted by Gasteiger charge is 2.35. The molecule has 1 atom stereocenters. The van der Waals surface area contributed by atoms with Crippen LogP contribution >= 0.6 is 23.2 Å². The molecule has 0 fully saturated rings. The molecular formula is C24H18Cl2N4O. The molecule has 7 heteroatoms. The molecule has 0 radical (unpaired) electrons. The lowest BCUT2D eigenvalue weighted by Crippen LogP contribution is -2.31. The largest absolute Gasteiger partial charge is 0.329 e. The predicted molar refractivity (Wildman–Crippen MR) is 126 cm³/mol. The summed E-state index contributed by atoms with van der Waals surface area (Å²) in [4.78, 5) is 18.2. The molecule has 0 saturated heterocycles. The molecule has 2 heterocycles. The Hall–Kier alpha value is -3.28. The average molecular weight is 449 g/mol. The molecule has 1 amide bonds. The predicted octanol–water partition coefficient (Wildman–Crippen LogP) is 6.27. The number of fused-ring (bicyclic) bond motifs is 3. The number of benzene rings is 3. The number of nitrogens with one attached hydrogen (secondary N) is 2. The van der Waals surface area contributed by atoms with Crippen LogP contribution in [0.3, 0.4) is 0 Å². The van der Waals surface area contributed by atoms with Gasteiger partial charge in [0.1, 0.15) is 0 Å². The zero-order valence-corrected chi connectivity index (χ0v) is 18.1. The standard InChI is InChI=1S/C24H18Cl2N4O/c1-14-21(23(31)28-16-7-3-2-4-8-16)22(17-12-11-15(25)13-18(17)26)30-20-10-6-5-9-19(20)29-24(30)27-14/h2-13,22H,1H3,(H,27,29)(H,28,31). The molecule has 5 nitrogen and oxygen atoms in total. The number of carbonyl (C=O) groups excluding carboxylic acids is 1. The second-order valence-corrected chi connectivity index (χ2v) is 8.19. The fourth-order valence-corrected chi connectivity index (χ4v) is 4.51. The summed E-state index contributed by atoms with van der Waals surface area (Å²) >= 11 is 12.8. The van der Waals surface area contributed by atoms with Crippen LogP contribution in [0.25, 0.3) is 11.0 Å². The van der Waals surface area contributed by atoms with Gasteiger partial charge in [0.2, 0.25) is 5.95 Å². The summed E-state index contributed by atoms with van der Waals surface area (Å²) in [6.07, 6.45) is 0. The molecule has 2 N–H and O–H groups in total. The van der Waals surface area contributed by atoms with E-state index in [1.54, 1.807) is 12.1 Å². The van der Waals surface area contributed by atoms with Crippen molar-refractivity contribution in [1.29, 1.82) is 0 Å². The number of rotatable bonds is 3. The van der Waals surface area contributed by atoms with Crippen LogP contribution in [0, 0.1) is 0 Å². The minimum absolute atomic E-state index is 0.212. The highest BCUT2D eigenvalue weighted by Crippen LogP contribution is 2.42. The summed E-state index contributed by atoms with van der Waals surface area (Å²) < 4.78 is 2.01. The first-order valence-electron chi connectivity index (χ1n) is 9.79. The van der Waals surface area contributed by atoms with Gasteiger partial charge in [-0.1, -0.05) is 59.6 Å². The quantitative estimate of drug-likeness (QED) is 0.388. The third-order valence-corrected chi connectivity index (χ3v) is 5.93. The molecule has 1 aliphatic heterocycles. The normalized spacial score (nSPS) is 15.5. The van der Waals surface area contributed by atoms with Crippen LogP contribution in [0.1, 0.15) is 18.5 Å². The van der Waals surface area contributed by atoms with E-state index in [-0.39, 0.29) is 5.91 Å². The molecule has 0 spiro atoms. The third-order valence-electron chi connectivity index (χ3n) is 5.36. The molecular weight excluding hydrogens is 431 g/mol. The molecule has 4 aromatic rings. The van der Waals surface area contributed by atoms with Gasteiger partial charge < -0.3 is 10.6 Å². The first kappa shape index (κ1) is 19.7. The number of aromatic nitrogens is 2. The molecule has 0 bridgehead atoms. The SMILES string of the molecule is CC1=C(C(=O)Nc2ccccc2)C(c2ccc(Cl)cc2Cl)n2c(nc3ccccc32)N1. The van der Waals surface area contributed by atoms with Crippen LogP contribution in [-0.2, 0) is 4.79 Å². The van der Waals surface area contributed by atoms with E-state index in [0.29, 0.717) is 27.3 Å². The monoisotopic (exact) mass is 448 g/mol. The maximum absolute atomic E-state index is 13.5. The van der Waals surface area contributed by atoms with Gasteiger partial charge in [0.15, 0.2) is 0 Å². The minimum Gasteiger partial charge on any atom is -0.329 e. The second-order valence-electron chi connectivity index (χ2n) is 7.35. The number of para-hydroxylation sites is 3. The summed E-state index contributed by atoms with van der Waals surface area (Å²) in [6.45, 7) is 1.87. The van der Waals surface area contributed by atoms with Crippen LogP contribution < -0.4 is 10.6 Å². The zero-order chi connectivity index (χ0) is 21.5. The van der Waals surface area contributed by atoms with E-state index in [1.807, 2.05) is 72.2 Å². The summed E-state index contributed by atoms with van der Waals surface area (Å²) in [7, 11) is 0. The van der Waals surface area contributed by atoms with E-state index in [0.717, 1.165) is 22.3 Å². The van der Waals surface area contributed by atoms with Crippen LogP contribution in [0.15, 0.2) is 84.1 Å². The number of amides is 1. The van der Waals surface area contributed by atoms with E-state index in [4.69, 9.17) is 28.2 Å². The Balaban J connectivity index is 1.71. The van der Waals surface area contributed by atoms with Crippen molar-refractivity contribution in [3.63, 3.8) is 0 Å². The Kier molecular flexibility index (Phi) is 4.93. The number of imidazole rings is 1. The van der Waals surface area contributed by atoms with Gasteiger partial charge in [0.25, 0.3) is 5.91 Å².